The molecule has 0 aliphatic heterocycles. The van der Waals surface area contributed by atoms with Crippen LogP contribution in [0.15, 0.2) is 82.0 Å². The Morgan fingerprint density at radius 2 is 1.24 bits per heavy atom. The van der Waals surface area contributed by atoms with Crippen molar-refractivity contribution in [3.63, 3.8) is 0 Å². The molecule has 0 aliphatic carbocycles. The van der Waals surface area contributed by atoms with Crippen LogP contribution in [-0.4, -0.2) is 13.2 Å². The van der Waals surface area contributed by atoms with Crippen molar-refractivity contribution in [2.75, 3.05) is 13.2 Å². The molecule has 4 nitrogen and oxygen atoms in total. The van der Waals surface area contributed by atoms with Crippen molar-refractivity contribution in [1.82, 2.24) is 0 Å². The lowest BCUT2D eigenvalue weighted by Crippen LogP contribution is -1.98. The summed E-state index contributed by atoms with van der Waals surface area (Å²) in [6, 6.07) is 23.1. The molecule has 0 fully saturated rings. The van der Waals surface area contributed by atoms with Crippen molar-refractivity contribution in [3.8, 4) is 33.8 Å². The average molecular weight is 386 g/mol. The van der Waals surface area contributed by atoms with Gasteiger partial charge in [-0.3, -0.25) is 0 Å². The number of ether oxygens (including phenoxy) is 2. The smallest absolute Gasteiger partial charge is 0.336 e. The molecule has 0 amide bonds. The van der Waals surface area contributed by atoms with Crippen LogP contribution in [0, 0.1) is 0 Å². The molecule has 146 valence electrons. The predicted molar refractivity (Wildman–Crippen MR) is 116 cm³/mol. The van der Waals surface area contributed by atoms with Crippen molar-refractivity contribution in [1.29, 1.82) is 0 Å². The lowest BCUT2D eigenvalue weighted by atomic mass is 9.98. The fourth-order valence-corrected chi connectivity index (χ4v) is 3.39. The van der Waals surface area contributed by atoms with E-state index in [0.717, 1.165) is 39.1 Å². The van der Waals surface area contributed by atoms with E-state index in [4.69, 9.17) is 13.9 Å². The molecule has 0 N–H and O–H groups in total. The molecule has 1 aromatic heterocycles. The van der Waals surface area contributed by atoms with E-state index in [9.17, 15) is 4.79 Å². The fraction of sp³-hybridized carbons (Fsp3) is 0.160. The quantitative estimate of drug-likeness (QED) is 0.386. The molecule has 0 bridgehead atoms. The summed E-state index contributed by atoms with van der Waals surface area (Å²) in [6.45, 7) is 5.16. The molecule has 0 aliphatic rings. The monoisotopic (exact) mass is 386 g/mol. The molecule has 0 radical (unpaired) electrons. The van der Waals surface area contributed by atoms with Gasteiger partial charge < -0.3 is 13.9 Å². The maximum atomic E-state index is 12.2. The van der Waals surface area contributed by atoms with Crippen molar-refractivity contribution < 1.29 is 13.9 Å². The van der Waals surface area contributed by atoms with E-state index in [1.54, 1.807) is 0 Å². The summed E-state index contributed by atoms with van der Waals surface area (Å²) >= 11 is 0. The van der Waals surface area contributed by atoms with Crippen LogP contribution >= 0.6 is 0 Å². The van der Waals surface area contributed by atoms with E-state index in [0.29, 0.717) is 18.8 Å². The fourth-order valence-electron chi connectivity index (χ4n) is 3.39. The molecule has 4 heteroatoms. The van der Waals surface area contributed by atoms with Gasteiger partial charge in [-0.1, -0.05) is 30.3 Å². The minimum atomic E-state index is -0.370. The second-order valence-electron chi connectivity index (χ2n) is 6.60. The minimum Gasteiger partial charge on any atom is -0.494 e. The normalized spacial score (nSPS) is 10.8. The largest absolute Gasteiger partial charge is 0.494 e. The molecule has 0 unspecified atom stereocenters. The Hall–Kier alpha value is -3.53. The standard InChI is InChI=1S/C25H22O4/c1-3-27-20-10-5-17(6-11-20)19-9-14-22-23(16-25(26)29-24(22)15-19)18-7-12-21(13-8-18)28-4-2/h5-16H,3-4H2,1-2H3. The molecular weight excluding hydrogens is 364 g/mol. The number of benzene rings is 3. The summed E-state index contributed by atoms with van der Waals surface area (Å²) in [7, 11) is 0. The van der Waals surface area contributed by atoms with E-state index in [-0.39, 0.29) is 5.63 Å². The maximum Gasteiger partial charge on any atom is 0.336 e. The van der Waals surface area contributed by atoms with Gasteiger partial charge in [0.15, 0.2) is 0 Å². The Labute approximate surface area is 169 Å². The first-order valence-corrected chi connectivity index (χ1v) is 9.72. The molecule has 1 heterocycles. The third kappa shape index (κ3) is 4.02. The zero-order chi connectivity index (χ0) is 20.2. The Morgan fingerprint density at radius 3 is 1.83 bits per heavy atom. The molecule has 4 rings (SSSR count). The summed E-state index contributed by atoms with van der Waals surface area (Å²) in [4.78, 5) is 12.2. The van der Waals surface area contributed by atoms with Crippen LogP contribution in [0.1, 0.15) is 13.8 Å². The molecule has 0 saturated carbocycles. The van der Waals surface area contributed by atoms with E-state index in [2.05, 4.69) is 0 Å². The van der Waals surface area contributed by atoms with Gasteiger partial charge in [0.25, 0.3) is 0 Å². The Morgan fingerprint density at radius 1 is 0.690 bits per heavy atom. The summed E-state index contributed by atoms with van der Waals surface area (Å²) in [6.07, 6.45) is 0. The van der Waals surface area contributed by atoms with E-state index < -0.39 is 0 Å². The van der Waals surface area contributed by atoms with Crippen LogP contribution in [-0.2, 0) is 0 Å². The van der Waals surface area contributed by atoms with Gasteiger partial charge in [0.2, 0.25) is 0 Å². The highest BCUT2D eigenvalue weighted by Gasteiger charge is 2.10. The minimum absolute atomic E-state index is 0.370. The highest BCUT2D eigenvalue weighted by atomic mass is 16.5. The van der Waals surface area contributed by atoms with Crippen molar-refractivity contribution in [2.24, 2.45) is 0 Å². The van der Waals surface area contributed by atoms with Crippen molar-refractivity contribution >= 4 is 11.0 Å². The predicted octanol–water partition coefficient (Wildman–Crippen LogP) is 5.92. The lowest BCUT2D eigenvalue weighted by Gasteiger charge is -2.09. The number of rotatable bonds is 6. The van der Waals surface area contributed by atoms with E-state index in [1.807, 2.05) is 80.6 Å². The zero-order valence-corrected chi connectivity index (χ0v) is 16.5. The Bertz CT molecular complexity index is 1170. The van der Waals surface area contributed by atoms with Gasteiger partial charge in [0, 0.05) is 11.5 Å². The van der Waals surface area contributed by atoms with Gasteiger partial charge in [-0.05, 0) is 72.5 Å². The van der Waals surface area contributed by atoms with Gasteiger partial charge in [-0.15, -0.1) is 0 Å². The summed E-state index contributed by atoms with van der Waals surface area (Å²) in [5.74, 6) is 1.64. The molecule has 0 saturated heterocycles. The second-order valence-corrected chi connectivity index (χ2v) is 6.60. The first kappa shape index (κ1) is 18.8. The third-order valence-electron chi connectivity index (χ3n) is 4.72. The molecule has 0 spiro atoms. The maximum absolute atomic E-state index is 12.2. The number of hydrogen-bond donors (Lipinski definition) is 0. The summed E-state index contributed by atoms with van der Waals surface area (Å²) in [5.41, 5.74) is 3.99. The van der Waals surface area contributed by atoms with E-state index in [1.165, 1.54) is 6.07 Å². The van der Waals surface area contributed by atoms with Crippen LogP contribution < -0.4 is 15.1 Å². The molecular formula is C25H22O4. The molecule has 4 aromatic rings. The van der Waals surface area contributed by atoms with Crippen LogP contribution in [0.4, 0.5) is 0 Å². The summed E-state index contributed by atoms with van der Waals surface area (Å²) in [5, 5.41) is 0.892. The average Bonchev–Trinajstić information content (AvgIpc) is 2.74. The SMILES string of the molecule is CCOc1ccc(-c2ccc3c(-c4ccc(OCC)cc4)cc(=O)oc3c2)cc1. The lowest BCUT2D eigenvalue weighted by molar-refractivity contribution is 0.340. The molecule has 0 atom stereocenters. The topological polar surface area (TPSA) is 48.7 Å². The summed E-state index contributed by atoms with van der Waals surface area (Å²) < 4.78 is 16.5. The number of hydrogen-bond acceptors (Lipinski definition) is 4. The highest BCUT2D eigenvalue weighted by molar-refractivity contribution is 5.95. The van der Waals surface area contributed by atoms with E-state index >= 15 is 0 Å². The number of fused-ring (bicyclic) bond motifs is 1. The van der Waals surface area contributed by atoms with Gasteiger partial charge >= 0.3 is 5.63 Å². The first-order valence-electron chi connectivity index (χ1n) is 9.72. The highest BCUT2D eigenvalue weighted by Crippen LogP contribution is 2.32. The zero-order valence-electron chi connectivity index (χ0n) is 16.5. The van der Waals surface area contributed by atoms with Crippen molar-refractivity contribution in [3.05, 3.63) is 83.2 Å². The third-order valence-corrected chi connectivity index (χ3v) is 4.72. The van der Waals surface area contributed by atoms with Crippen molar-refractivity contribution in [2.45, 2.75) is 13.8 Å². The van der Waals surface area contributed by atoms with Crippen LogP contribution in [0.25, 0.3) is 33.2 Å². The Balaban J connectivity index is 1.75. The van der Waals surface area contributed by atoms with Gasteiger partial charge in [0.05, 0.1) is 13.2 Å². The van der Waals surface area contributed by atoms with Crippen LogP contribution in [0.3, 0.4) is 0 Å². The Kier molecular flexibility index (Phi) is 5.34. The molecule has 29 heavy (non-hydrogen) atoms. The first-order chi connectivity index (χ1) is 14.2. The van der Waals surface area contributed by atoms with Gasteiger partial charge in [0.1, 0.15) is 17.1 Å². The van der Waals surface area contributed by atoms with Crippen LogP contribution in [0.5, 0.6) is 11.5 Å². The van der Waals surface area contributed by atoms with Crippen LogP contribution in [0.2, 0.25) is 0 Å². The second kappa shape index (κ2) is 8.23. The van der Waals surface area contributed by atoms with Gasteiger partial charge in [-0.2, -0.15) is 0 Å². The van der Waals surface area contributed by atoms with Gasteiger partial charge in [-0.25, -0.2) is 4.79 Å². The molecule has 3 aromatic carbocycles.